The number of rotatable bonds is 6. The van der Waals surface area contributed by atoms with Crippen LogP contribution in [0.5, 0.6) is 5.75 Å². The highest BCUT2D eigenvalue weighted by Crippen LogP contribution is 2.28. The molecule has 1 rings (SSSR count). The lowest BCUT2D eigenvalue weighted by Crippen LogP contribution is -2.17. The first kappa shape index (κ1) is 14.5. The van der Waals surface area contributed by atoms with Gasteiger partial charge in [-0.1, -0.05) is 6.07 Å². The van der Waals surface area contributed by atoms with Gasteiger partial charge < -0.3 is 20.5 Å². The van der Waals surface area contributed by atoms with Gasteiger partial charge in [0.25, 0.3) is 0 Å². The number of benzene rings is 1. The summed E-state index contributed by atoms with van der Waals surface area (Å²) in [4.78, 5) is 11.2. The van der Waals surface area contributed by atoms with Crippen LogP contribution in [0.15, 0.2) is 18.2 Å². The van der Waals surface area contributed by atoms with E-state index in [2.05, 4.69) is 5.32 Å². The van der Waals surface area contributed by atoms with Crippen molar-refractivity contribution >= 4 is 11.6 Å². The number of nitrogens with one attached hydrogen (secondary N) is 1. The fourth-order valence-corrected chi connectivity index (χ4v) is 1.62. The molecule has 0 heterocycles. The Hall–Kier alpha value is -1.59. The molecule has 0 fully saturated rings. The molecule has 100 valence electrons. The predicted octanol–water partition coefficient (Wildman–Crippen LogP) is 1.69. The molecule has 1 aromatic carbocycles. The van der Waals surface area contributed by atoms with E-state index in [1.165, 1.54) is 6.92 Å². The molecular weight excluding hydrogens is 232 g/mol. The monoisotopic (exact) mass is 252 g/mol. The summed E-state index contributed by atoms with van der Waals surface area (Å²) in [5.41, 5.74) is 7.48. The predicted molar refractivity (Wildman–Crippen MR) is 70.7 cm³/mol. The van der Waals surface area contributed by atoms with Gasteiger partial charge in [0.1, 0.15) is 5.75 Å². The minimum atomic E-state index is -0.224. The van der Waals surface area contributed by atoms with E-state index in [-0.39, 0.29) is 11.9 Å². The zero-order chi connectivity index (χ0) is 13.5. The van der Waals surface area contributed by atoms with Crippen LogP contribution >= 0.6 is 0 Å². The Bertz CT molecular complexity index is 407. The van der Waals surface area contributed by atoms with Gasteiger partial charge in [-0.3, -0.25) is 4.79 Å². The SMILES string of the molecule is CCOc1ccc(C(N)COC)cc1NC(C)=O. The van der Waals surface area contributed by atoms with Crippen molar-refractivity contribution in [2.75, 3.05) is 25.6 Å². The van der Waals surface area contributed by atoms with Crippen LogP contribution in [0.2, 0.25) is 0 Å². The largest absolute Gasteiger partial charge is 0.492 e. The molecule has 1 unspecified atom stereocenters. The van der Waals surface area contributed by atoms with Crippen molar-refractivity contribution in [2.45, 2.75) is 19.9 Å². The van der Waals surface area contributed by atoms with Crippen LogP contribution in [0, 0.1) is 0 Å². The fraction of sp³-hybridized carbons (Fsp3) is 0.462. The summed E-state index contributed by atoms with van der Waals surface area (Å²) in [7, 11) is 1.60. The first-order valence-corrected chi connectivity index (χ1v) is 5.87. The van der Waals surface area contributed by atoms with E-state index in [1.54, 1.807) is 13.2 Å². The summed E-state index contributed by atoms with van der Waals surface area (Å²) in [6.07, 6.45) is 0. The average Bonchev–Trinajstić information content (AvgIpc) is 2.31. The number of ether oxygens (including phenoxy) is 2. The minimum absolute atomic E-state index is 0.145. The zero-order valence-corrected chi connectivity index (χ0v) is 11.0. The quantitative estimate of drug-likeness (QED) is 0.808. The summed E-state index contributed by atoms with van der Waals surface area (Å²) in [5.74, 6) is 0.495. The maximum atomic E-state index is 11.2. The lowest BCUT2D eigenvalue weighted by Gasteiger charge is -2.15. The van der Waals surface area contributed by atoms with E-state index in [0.717, 1.165) is 5.56 Å². The van der Waals surface area contributed by atoms with E-state index in [0.29, 0.717) is 24.7 Å². The van der Waals surface area contributed by atoms with Gasteiger partial charge in [-0.15, -0.1) is 0 Å². The Morgan fingerprint density at radius 3 is 2.78 bits per heavy atom. The highest BCUT2D eigenvalue weighted by molar-refractivity contribution is 5.90. The Balaban J connectivity index is 2.99. The molecule has 3 N–H and O–H groups in total. The van der Waals surface area contributed by atoms with Gasteiger partial charge in [-0.2, -0.15) is 0 Å². The van der Waals surface area contributed by atoms with Crippen molar-refractivity contribution in [1.82, 2.24) is 0 Å². The molecule has 0 aliphatic rings. The van der Waals surface area contributed by atoms with Gasteiger partial charge in [0, 0.05) is 14.0 Å². The zero-order valence-electron chi connectivity index (χ0n) is 11.0. The number of carbonyl (C=O) groups excluding carboxylic acids is 1. The Kier molecular flexibility index (Phi) is 5.61. The maximum absolute atomic E-state index is 11.2. The van der Waals surface area contributed by atoms with Gasteiger partial charge >= 0.3 is 0 Å². The second-order valence-electron chi connectivity index (χ2n) is 3.93. The molecule has 5 heteroatoms. The topological polar surface area (TPSA) is 73.6 Å². The van der Waals surface area contributed by atoms with E-state index in [1.807, 2.05) is 19.1 Å². The van der Waals surface area contributed by atoms with E-state index < -0.39 is 0 Å². The van der Waals surface area contributed by atoms with E-state index >= 15 is 0 Å². The summed E-state index contributed by atoms with van der Waals surface area (Å²) in [6, 6.07) is 5.27. The Labute approximate surface area is 107 Å². The van der Waals surface area contributed by atoms with Crippen LogP contribution in [0.3, 0.4) is 0 Å². The number of methoxy groups -OCH3 is 1. The van der Waals surface area contributed by atoms with Crippen LogP contribution in [0.4, 0.5) is 5.69 Å². The number of hydrogen-bond donors (Lipinski definition) is 2. The smallest absolute Gasteiger partial charge is 0.221 e. The highest BCUT2D eigenvalue weighted by Gasteiger charge is 2.11. The molecule has 1 amide bonds. The average molecular weight is 252 g/mol. The van der Waals surface area contributed by atoms with Gasteiger partial charge in [-0.25, -0.2) is 0 Å². The van der Waals surface area contributed by atoms with Gasteiger partial charge in [0.05, 0.1) is 24.9 Å². The number of carbonyl (C=O) groups is 1. The molecule has 0 saturated heterocycles. The van der Waals surface area contributed by atoms with Crippen molar-refractivity contribution in [3.05, 3.63) is 23.8 Å². The number of amides is 1. The number of anilines is 1. The third kappa shape index (κ3) is 4.01. The molecule has 1 atom stereocenters. The van der Waals surface area contributed by atoms with Crippen LogP contribution < -0.4 is 15.8 Å². The second kappa shape index (κ2) is 6.98. The molecule has 0 aliphatic carbocycles. The molecule has 0 spiro atoms. The standard InChI is InChI=1S/C13H20N2O3/c1-4-18-13-6-5-10(11(14)8-17-3)7-12(13)15-9(2)16/h5-7,11H,4,8,14H2,1-3H3,(H,15,16). The van der Waals surface area contributed by atoms with Gasteiger partial charge in [0.15, 0.2) is 0 Å². The Morgan fingerprint density at radius 1 is 1.50 bits per heavy atom. The number of nitrogens with two attached hydrogens (primary N) is 1. The molecule has 0 aliphatic heterocycles. The third-order valence-electron chi connectivity index (χ3n) is 2.39. The molecule has 0 aromatic heterocycles. The van der Waals surface area contributed by atoms with Crippen molar-refractivity contribution < 1.29 is 14.3 Å². The molecule has 0 radical (unpaired) electrons. The molecule has 5 nitrogen and oxygen atoms in total. The van der Waals surface area contributed by atoms with Crippen molar-refractivity contribution in [3.8, 4) is 5.75 Å². The Morgan fingerprint density at radius 2 is 2.22 bits per heavy atom. The molecule has 0 bridgehead atoms. The lowest BCUT2D eigenvalue weighted by molar-refractivity contribution is -0.114. The minimum Gasteiger partial charge on any atom is -0.492 e. The van der Waals surface area contributed by atoms with Crippen LogP contribution in [-0.2, 0) is 9.53 Å². The first-order valence-electron chi connectivity index (χ1n) is 5.87. The normalized spacial score (nSPS) is 12.0. The molecule has 18 heavy (non-hydrogen) atoms. The lowest BCUT2D eigenvalue weighted by atomic mass is 10.1. The second-order valence-corrected chi connectivity index (χ2v) is 3.93. The summed E-state index contributed by atoms with van der Waals surface area (Å²) < 4.78 is 10.5. The van der Waals surface area contributed by atoms with Crippen molar-refractivity contribution in [2.24, 2.45) is 5.73 Å². The number of hydrogen-bond acceptors (Lipinski definition) is 4. The van der Waals surface area contributed by atoms with Crippen molar-refractivity contribution in [1.29, 1.82) is 0 Å². The van der Waals surface area contributed by atoms with Crippen LogP contribution in [-0.4, -0.2) is 26.2 Å². The summed E-state index contributed by atoms with van der Waals surface area (Å²) in [6.45, 7) is 4.31. The maximum Gasteiger partial charge on any atom is 0.221 e. The third-order valence-corrected chi connectivity index (χ3v) is 2.39. The first-order chi connectivity index (χ1) is 8.58. The van der Waals surface area contributed by atoms with Gasteiger partial charge in [-0.05, 0) is 24.6 Å². The molecule has 1 aromatic rings. The van der Waals surface area contributed by atoms with Crippen LogP contribution in [0.1, 0.15) is 25.5 Å². The van der Waals surface area contributed by atoms with E-state index in [4.69, 9.17) is 15.2 Å². The molecular formula is C13H20N2O3. The van der Waals surface area contributed by atoms with Crippen LogP contribution in [0.25, 0.3) is 0 Å². The summed E-state index contributed by atoms with van der Waals surface area (Å²) in [5, 5.41) is 2.74. The highest BCUT2D eigenvalue weighted by atomic mass is 16.5. The van der Waals surface area contributed by atoms with E-state index in [9.17, 15) is 4.79 Å². The fourth-order valence-electron chi connectivity index (χ4n) is 1.62. The summed E-state index contributed by atoms with van der Waals surface area (Å²) >= 11 is 0. The van der Waals surface area contributed by atoms with Crippen molar-refractivity contribution in [3.63, 3.8) is 0 Å². The molecule has 0 saturated carbocycles. The van der Waals surface area contributed by atoms with Gasteiger partial charge in [0.2, 0.25) is 5.91 Å².